The van der Waals surface area contributed by atoms with Crippen molar-refractivity contribution in [2.45, 2.75) is 39.2 Å². The topological polar surface area (TPSA) is 68.2 Å². The fourth-order valence-electron chi connectivity index (χ4n) is 2.06. The third kappa shape index (κ3) is 3.67. The number of nitrogens with zero attached hydrogens (tertiary/aromatic N) is 3. The van der Waals surface area contributed by atoms with Crippen LogP contribution in [0.5, 0.6) is 0 Å². The Morgan fingerprint density at radius 3 is 2.67 bits per heavy atom. The summed E-state index contributed by atoms with van der Waals surface area (Å²) < 4.78 is 5.29. The lowest BCUT2D eigenvalue weighted by molar-refractivity contribution is 0.259. The summed E-state index contributed by atoms with van der Waals surface area (Å²) in [7, 11) is 0. The summed E-state index contributed by atoms with van der Waals surface area (Å²) in [5.41, 5.74) is 5.62. The van der Waals surface area contributed by atoms with Crippen molar-refractivity contribution < 1.29 is 4.52 Å². The van der Waals surface area contributed by atoms with Crippen LogP contribution in [-0.2, 0) is 12.0 Å². The van der Waals surface area contributed by atoms with Gasteiger partial charge in [-0.2, -0.15) is 4.98 Å². The van der Waals surface area contributed by atoms with Crippen LogP contribution < -0.4 is 5.73 Å². The van der Waals surface area contributed by atoms with Gasteiger partial charge in [-0.1, -0.05) is 25.9 Å². The van der Waals surface area contributed by atoms with Gasteiger partial charge in [-0.3, -0.25) is 4.90 Å². The molecule has 1 unspecified atom stereocenters. The lowest BCUT2D eigenvalue weighted by atomic mass is 9.96. The maximum absolute atomic E-state index is 5.67. The zero-order valence-electron chi connectivity index (χ0n) is 11.3. The minimum atomic E-state index is -0.0491. The first-order valence-electron chi connectivity index (χ1n) is 6.24. The number of aromatic nitrogens is 2. The number of halogens is 1. The van der Waals surface area contributed by atoms with Gasteiger partial charge in [0.05, 0.1) is 6.54 Å². The maximum Gasteiger partial charge on any atom is 0.240 e. The van der Waals surface area contributed by atoms with E-state index in [1.807, 2.05) is 0 Å². The zero-order valence-corrected chi connectivity index (χ0v) is 12.2. The summed E-state index contributed by atoms with van der Waals surface area (Å²) in [6.07, 6.45) is 1.18. The first-order chi connectivity index (χ1) is 7.99. The molecule has 1 atom stereocenters. The number of rotatable bonds is 3. The molecule has 0 aliphatic carbocycles. The van der Waals surface area contributed by atoms with Gasteiger partial charge in [-0.25, -0.2) is 0 Å². The molecule has 1 fully saturated rings. The number of hydrogen-bond donors (Lipinski definition) is 1. The monoisotopic (exact) mass is 274 g/mol. The summed E-state index contributed by atoms with van der Waals surface area (Å²) in [4.78, 5) is 6.78. The third-order valence-electron chi connectivity index (χ3n) is 3.20. The molecule has 0 amide bonds. The average molecular weight is 275 g/mol. The van der Waals surface area contributed by atoms with E-state index in [-0.39, 0.29) is 17.8 Å². The predicted octanol–water partition coefficient (Wildman–Crippen LogP) is 1.57. The largest absolute Gasteiger partial charge is 0.338 e. The summed E-state index contributed by atoms with van der Waals surface area (Å²) in [5.74, 6) is 2.12. The molecule has 2 rings (SSSR count). The fourth-order valence-corrected chi connectivity index (χ4v) is 2.06. The van der Waals surface area contributed by atoms with E-state index in [4.69, 9.17) is 10.3 Å². The average Bonchev–Trinajstić information content (AvgIpc) is 2.86. The molecule has 0 saturated carbocycles. The second-order valence-corrected chi connectivity index (χ2v) is 5.89. The molecule has 104 valence electrons. The Balaban J connectivity index is 0.00000162. The van der Waals surface area contributed by atoms with E-state index >= 15 is 0 Å². The van der Waals surface area contributed by atoms with E-state index in [0.717, 1.165) is 32.0 Å². The Bertz CT molecular complexity index is 374. The van der Waals surface area contributed by atoms with E-state index < -0.39 is 0 Å². The van der Waals surface area contributed by atoms with Gasteiger partial charge < -0.3 is 10.3 Å². The van der Waals surface area contributed by atoms with Crippen LogP contribution in [-0.4, -0.2) is 34.7 Å². The molecule has 0 aromatic carbocycles. The van der Waals surface area contributed by atoms with Crippen molar-refractivity contribution in [1.29, 1.82) is 0 Å². The third-order valence-corrected chi connectivity index (χ3v) is 3.20. The molecule has 0 radical (unpaired) electrons. The SMILES string of the molecule is CC(C)(C)c1noc(CN2CCC(CN)C2)n1.Cl. The Morgan fingerprint density at radius 2 is 2.17 bits per heavy atom. The first-order valence-corrected chi connectivity index (χ1v) is 6.24. The van der Waals surface area contributed by atoms with Gasteiger partial charge >= 0.3 is 0 Å². The van der Waals surface area contributed by atoms with Crippen LogP contribution in [0.25, 0.3) is 0 Å². The fraction of sp³-hybridized carbons (Fsp3) is 0.833. The van der Waals surface area contributed by atoms with Crippen LogP contribution in [0.4, 0.5) is 0 Å². The summed E-state index contributed by atoms with van der Waals surface area (Å²) in [5, 5.41) is 4.03. The van der Waals surface area contributed by atoms with E-state index in [1.165, 1.54) is 6.42 Å². The molecular formula is C12H23ClN4O. The molecule has 1 aromatic rings. The van der Waals surface area contributed by atoms with E-state index in [9.17, 15) is 0 Å². The van der Waals surface area contributed by atoms with Crippen LogP contribution >= 0.6 is 12.4 Å². The van der Waals surface area contributed by atoms with Crippen molar-refractivity contribution in [3.63, 3.8) is 0 Å². The Hall–Kier alpha value is -0.650. The minimum absolute atomic E-state index is 0. The molecule has 1 aliphatic heterocycles. The molecule has 2 N–H and O–H groups in total. The second kappa shape index (κ2) is 5.99. The van der Waals surface area contributed by atoms with E-state index in [1.54, 1.807) is 0 Å². The summed E-state index contributed by atoms with van der Waals surface area (Å²) in [6, 6.07) is 0. The molecule has 1 aromatic heterocycles. The highest BCUT2D eigenvalue weighted by atomic mass is 35.5. The van der Waals surface area contributed by atoms with Crippen LogP contribution in [0.3, 0.4) is 0 Å². The molecule has 0 bridgehead atoms. The molecular weight excluding hydrogens is 252 g/mol. The second-order valence-electron chi connectivity index (χ2n) is 5.89. The quantitative estimate of drug-likeness (QED) is 0.906. The summed E-state index contributed by atoms with van der Waals surface area (Å²) in [6.45, 7) is 9.90. The van der Waals surface area contributed by atoms with Crippen molar-refractivity contribution in [2.75, 3.05) is 19.6 Å². The standard InChI is InChI=1S/C12H22N4O.ClH/c1-12(2,3)11-14-10(17-15-11)8-16-5-4-9(6-13)7-16;/h9H,4-8,13H2,1-3H3;1H. The minimum Gasteiger partial charge on any atom is -0.338 e. The molecule has 1 aliphatic rings. The Kier molecular flexibility index (Phi) is 5.13. The highest BCUT2D eigenvalue weighted by Crippen LogP contribution is 2.20. The molecule has 2 heterocycles. The van der Waals surface area contributed by atoms with Crippen LogP contribution in [0, 0.1) is 5.92 Å². The van der Waals surface area contributed by atoms with Gasteiger partial charge in [0, 0.05) is 12.0 Å². The first kappa shape index (κ1) is 15.4. The molecule has 6 heteroatoms. The Morgan fingerprint density at radius 1 is 1.44 bits per heavy atom. The predicted molar refractivity (Wildman–Crippen MR) is 72.7 cm³/mol. The maximum atomic E-state index is 5.67. The molecule has 0 spiro atoms. The summed E-state index contributed by atoms with van der Waals surface area (Å²) >= 11 is 0. The van der Waals surface area contributed by atoms with Crippen LogP contribution in [0.1, 0.15) is 38.9 Å². The van der Waals surface area contributed by atoms with Gasteiger partial charge in [-0.15, -0.1) is 12.4 Å². The Labute approximate surface area is 115 Å². The van der Waals surface area contributed by atoms with E-state index in [0.29, 0.717) is 11.8 Å². The normalized spacial score (nSPS) is 21.0. The van der Waals surface area contributed by atoms with Crippen molar-refractivity contribution in [2.24, 2.45) is 11.7 Å². The van der Waals surface area contributed by atoms with Gasteiger partial charge in [0.25, 0.3) is 0 Å². The molecule has 1 saturated heterocycles. The lowest BCUT2D eigenvalue weighted by Crippen LogP contribution is -2.23. The van der Waals surface area contributed by atoms with Crippen molar-refractivity contribution in [1.82, 2.24) is 15.0 Å². The van der Waals surface area contributed by atoms with Crippen molar-refractivity contribution in [3.05, 3.63) is 11.7 Å². The van der Waals surface area contributed by atoms with Gasteiger partial charge in [-0.05, 0) is 25.4 Å². The number of likely N-dealkylation sites (tertiary alicyclic amines) is 1. The molecule has 18 heavy (non-hydrogen) atoms. The van der Waals surface area contributed by atoms with Gasteiger partial charge in [0.2, 0.25) is 5.89 Å². The lowest BCUT2D eigenvalue weighted by Gasteiger charge is -2.13. The van der Waals surface area contributed by atoms with Crippen LogP contribution in [0.15, 0.2) is 4.52 Å². The van der Waals surface area contributed by atoms with E-state index in [2.05, 4.69) is 35.8 Å². The van der Waals surface area contributed by atoms with Gasteiger partial charge in [0.1, 0.15) is 0 Å². The van der Waals surface area contributed by atoms with Crippen LogP contribution in [0.2, 0.25) is 0 Å². The van der Waals surface area contributed by atoms with Crippen molar-refractivity contribution >= 4 is 12.4 Å². The highest BCUT2D eigenvalue weighted by molar-refractivity contribution is 5.85. The highest BCUT2D eigenvalue weighted by Gasteiger charge is 2.25. The number of nitrogens with two attached hydrogens (primary N) is 1. The molecule has 5 nitrogen and oxygen atoms in total. The number of hydrogen-bond acceptors (Lipinski definition) is 5. The zero-order chi connectivity index (χ0) is 12.5. The van der Waals surface area contributed by atoms with Crippen molar-refractivity contribution in [3.8, 4) is 0 Å². The smallest absolute Gasteiger partial charge is 0.240 e. The van der Waals surface area contributed by atoms with Gasteiger partial charge in [0.15, 0.2) is 5.82 Å².